The molecule has 7 heavy (non-hydrogen) atoms. The van der Waals surface area contributed by atoms with E-state index in [-0.39, 0.29) is 0 Å². The van der Waals surface area contributed by atoms with Crippen LogP contribution in [0.5, 0.6) is 0 Å². The largest absolute Gasteiger partial charge is 0.313 e. The fourth-order valence-electron chi connectivity index (χ4n) is 0.833. The second-order valence-corrected chi connectivity index (χ2v) is 1.87. The molecule has 0 atom stereocenters. The summed E-state index contributed by atoms with van der Waals surface area (Å²) in [5.74, 6) is 0. The van der Waals surface area contributed by atoms with Crippen molar-refractivity contribution in [2.24, 2.45) is 0 Å². The highest BCUT2D eigenvalue weighted by molar-refractivity contribution is 5.06. The van der Waals surface area contributed by atoms with E-state index in [9.17, 15) is 0 Å². The summed E-state index contributed by atoms with van der Waals surface area (Å²) in [5, 5.41) is 3.25. The minimum atomic E-state index is 1.12. The molecule has 1 fully saturated rings. The predicted octanol–water partition coefficient (Wildman–Crippen LogP) is 0.926. The highest BCUT2D eigenvalue weighted by Gasteiger charge is 2.01. The van der Waals surface area contributed by atoms with Crippen molar-refractivity contribution in [1.29, 1.82) is 0 Å². The molecule has 1 aliphatic rings. The Kier molecular flexibility index (Phi) is 1.47. The van der Waals surface area contributed by atoms with Crippen LogP contribution in [0.15, 0.2) is 11.6 Å². The number of allylic oxidation sites excluding steroid dienone is 1. The van der Waals surface area contributed by atoms with Gasteiger partial charge in [0.1, 0.15) is 0 Å². The van der Waals surface area contributed by atoms with Crippen LogP contribution in [0.25, 0.3) is 0 Å². The number of nitrogens with one attached hydrogen (secondary N) is 1. The molecule has 0 saturated carbocycles. The van der Waals surface area contributed by atoms with Crippen LogP contribution >= 0.6 is 0 Å². The highest BCUT2D eigenvalue weighted by Crippen LogP contribution is 2.03. The molecule has 1 nitrogen and oxygen atoms in total. The third-order valence-corrected chi connectivity index (χ3v) is 1.38. The topological polar surface area (TPSA) is 12.0 Å². The first-order valence-electron chi connectivity index (χ1n) is 2.78. The fourth-order valence-corrected chi connectivity index (χ4v) is 0.833. The first-order chi connectivity index (χ1) is 3.43. The fraction of sp³-hybridized carbons (Fsp3) is 0.667. The summed E-state index contributed by atoms with van der Waals surface area (Å²) >= 11 is 0. The quantitative estimate of drug-likeness (QED) is 0.443. The third-order valence-electron chi connectivity index (χ3n) is 1.38. The summed E-state index contributed by atoms with van der Waals surface area (Å²) in [6, 6.07) is 0. The van der Waals surface area contributed by atoms with Gasteiger partial charge >= 0.3 is 0 Å². The lowest BCUT2D eigenvalue weighted by atomic mass is 10.2. The van der Waals surface area contributed by atoms with Gasteiger partial charge in [-0.05, 0) is 19.9 Å². The highest BCUT2D eigenvalue weighted by atomic mass is 14.9. The van der Waals surface area contributed by atoms with E-state index in [1.807, 2.05) is 0 Å². The minimum absolute atomic E-state index is 1.12. The summed E-state index contributed by atoms with van der Waals surface area (Å²) in [7, 11) is 0. The van der Waals surface area contributed by atoms with Crippen molar-refractivity contribution in [2.75, 3.05) is 13.1 Å². The summed E-state index contributed by atoms with van der Waals surface area (Å²) in [6.07, 6.45) is 3.45. The third kappa shape index (κ3) is 1.03. The van der Waals surface area contributed by atoms with Crippen molar-refractivity contribution in [3.63, 3.8) is 0 Å². The summed E-state index contributed by atoms with van der Waals surface area (Å²) in [5.41, 5.74) is 1.56. The lowest BCUT2D eigenvalue weighted by molar-refractivity contribution is 0.862. The second-order valence-electron chi connectivity index (χ2n) is 1.87. The molecule has 1 N–H and O–H groups in total. The van der Waals surface area contributed by atoms with E-state index < -0.39 is 0 Å². The molecule has 1 heterocycles. The molecule has 0 aromatic carbocycles. The average Bonchev–Trinajstić information content (AvgIpc) is 2.14. The van der Waals surface area contributed by atoms with E-state index in [4.69, 9.17) is 0 Å². The number of hydrogen-bond donors (Lipinski definition) is 1. The summed E-state index contributed by atoms with van der Waals surface area (Å²) < 4.78 is 0. The van der Waals surface area contributed by atoms with Crippen LogP contribution in [0.3, 0.4) is 0 Å². The Morgan fingerprint density at radius 2 is 2.57 bits per heavy atom. The Balaban J connectivity index is 2.41. The molecular weight excluding hydrogens is 86.1 g/mol. The SMILES string of the molecule is CC=C1CCNC1. The van der Waals surface area contributed by atoms with Crippen molar-refractivity contribution in [2.45, 2.75) is 13.3 Å². The maximum Gasteiger partial charge on any atom is 0.0165 e. The molecular formula is C6H11N. The van der Waals surface area contributed by atoms with Gasteiger partial charge in [-0.1, -0.05) is 11.6 Å². The first-order valence-corrected chi connectivity index (χ1v) is 2.78. The lowest BCUT2D eigenvalue weighted by Crippen LogP contribution is -2.04. The van der Waals surface area contributed by atoms with Crippen LogP contribution in [-0.2, 0) is 0 Å². The molecule has 0 spiro atoms. The molecule has 0 aromatic heterocycles. The van der Waals surface area contributed by atoms with Gasteiger partial charge in [-0.3, -0.25) is 0 Å². The van der Waals surface area contributed by atoms with Gasteiger partial charge in [-0.25, -0.2) is 0 Å². The van der Waals surface area contributed by atoms with Gasteiger partial charge in [0.15, 0.2) is 0 Å². The predicted molar refractivity (Wildman–Crippen MR) is 31.2 cm³/mol. The Hall–Kier alpha value is -0.300. The second kappa shape index (κ2) is 2.12. The molecule has 1 rings (SSSR count). The zero-order valence-electron chi connectivity index (χ0n) is 4.70. The van der Waals surface area contributed by atoms with E-state index >= 15 is 0 Å². The van der Waals surface area contributed by atoms with Crippen LogP contribution in [0.2, 0.25) is 0 Å². The molecule has 40 valence electrons. The van der Waals surface area contributed by atoms with Gasteiger partial charge in [-0.2, -0.15) is 0 Å². The maximum absolute atomic E-state index is 3.25. The molecule has 0 aliphatic carbocycles. The standard InChI is InChI=1S/C6H11N/c1-2-6-3-4-7-5-6/h2,7H,3-5H2,1H3. The van der Waals surface area contributed by atoms with E-state index in [0.29, 0.717) is 0 Å². The Labute approximate surface area is 44.4 Å². The minimum Gasteiger partial charge on any atom is -0.313 e. The molecule has 1 aliphatic heterocycles. The molecule has 0 bridgehead atoms. The van der Waals surface area contributed by atoms with Crippen molar-refractivity contribution < 1.29 is 0 Å². The van der Waals surface area contributed by atoms with Crippen LogP contribution in [-0.4, -0.2) is 13.1 Å². The van der Waals surface area contributed by atoms with Crippen molar-refractivity contribution in [3.05, 3.63) is 11.6 Å². The van der Waals surface area contributed by atoms with Crippen molar-refractivity contribution in [3.8, 4) is 0 Å². The van der Waals surface area contributed by atoms with Gasteiger partial charge in [0.05, 0.1) is 0 Å². The van der Waals surface area contributed by atoms with E-state index in [2.05, 4.69) is 18.3 Å². The van der Waals surface area contributed by atoms with Gasteiger partial charge < -0.3 is 5.32 Å². The molecule has 0 aromatic rings. The van der Waals surface area contributed by atoms with Crippen LogP contribution in [0.4, 0.5) is 0 Å². The number of hydrogen-bond acceptors (Lipinski definition) is 1. The van der Waals surface area contributed by atoms with Gasteiger partial charge in [0.25, 0.3) is 0 Å². The molecule has 1 saturated heterocycles. The lowest BCUT2D eigenvalue weighted by Gasteiger charge is -1.85. The van der Waals surface area contributed by atoms with Gasteiger partial charge in [0, 0.05) is 6.54 Å². The molecule has 1 heteroatoms. The maximum atomic E-state index is 3.25. The van der Waals surface area contributed by atoms with Gasteiger partial charge in [0.2, 0.25) is 0 Å². The Morgan fingerprint density at radius 1 is 1.71 bits per heavy atom. The Bertz CT molecular complexity index is 76.2. The van der Waals surface area contributed by atoms with Gasteiger partial charge in [-0.15, -0.1) is 0 Å². The van der Waals surface area contributed by atoms with Crippen LogP contribution in [0, 0.1) is 0 Å². The van der Waals surface area contributed by atoms with E-state index in [1.54, 1.807) is 5.57 Å². The van der Waals surface area contributed by atoms with Crippen molar-refractivity contribution >= 4 is 0 Å². The van der Waals surface area contributed by atoms with Crippen LogP contribution in [0.1, 0.15) is 13.3 Å². The average molecular weight is 97.2 g/mol. The molecule has 0 radical (unpaired) electrons. The normalized spacial score (nSPS) is 26.7. The van der Waals surface area contributed by atoms with E-state index in [1.165, 1.54) is 13.0 Å². The monoisotopic (exact) mass is 97.1 g/mol. The smallest absolute Gasteiger partial charge is 0.0165 e. The Morgan fingerprint density at radius 3 is 2.86 bits per heavy atom. The number of rotatable bonds is 0. The van der Waals surface area contributed by atoms with Crippen molar-refractivity contribution in [1.82, 2.24) is 5.32 Å². The molecule has 0 unspecified atom stereocenters. The zero-order chi connectivity index (χ0) is 5.11. The summed E-state index contributed by atoms with van der Waals surface area (Å²) in [4.78, 5) is 0. The zero-order valence-corrected chi connectivity index (χ0v) is 4.70. The summed E-state index contributed by atoms with van der Waals surface area (Å²) in [6.45, 7) is 4.40. The first kappa shape index (κ1) is 4.85. The van der Waals surface area contributed by atoms with E-state index in [0.717, 1.165) is 6.54 Å². The van der Waals surface area contributed by atoms with Crippen LogP contribution < -0.4 is 5.32 Å². The molecule has 0 amide bonds.